The molecule has 0 N–H and O–H groups in total. The predicted octanol–water partition coefficient (Wildman–Crippen LogP) is 2.62. The maximum absolute atomic E-state index is 4.32. The number of aromatic nitrogens is 1. The highest BCUT2D eigenvalue weighted by Gasteiger charge is 2.13. The molecule has 1 aliphatic heterocycles. The molecule has 2 rings (SSSR count). The second-order valence-corrected chi connectivity index (χ2v) is 3.45. The van der Waals surface area contributed by atoms with Crippen LogP contribution in [0.2, 0.25) is 0 Å². The molecular weight excluding hydrogens is 172 g/mol. The van der Waals surface area contributed by atoms with E-state index in [2.05, 4.69) is 22.9 Å². The maximum atomic E-state index is 4.32. The lowest BCUT2D eigenvalue weighted by Crippen LogP contribution is -2.36. The number of hydrogen-bond donors (Lipinski definition) is 0. The standard InChI is InChI=1S/C10H14N2.C2H6/c1-9-3-4-11-10(7-9)8-12-5-2-6-12;1-2/h3-4,7H,2,5-6,8H2,1H3;1-2H3. The lowest BCUT2D eigenvalue weighted by molar-refractivity contribution is 0.170. The van der Waals surface area contributed by atoms with E-state index in [9.17, 15) is 0 Å². The van der Waals surface area contributed by atoms with Crippen LogP contribution in [-0.2, 0) is 6.54 Å². The van der Waals surface area contributed by atoms with Crippen molar-refractivity contribution in [2.45, 2.75) is 33.7 Å². The zero-order valence-electron chi connectivity index (χ0n) is 9.45. The van der Waals surface area contributed by atoms with Crippen molar-refractivity contribution in [2.75, 3.05) is 13.1 Å². The van der Waals surface area contributed by atoms with Crippen LogP contribution in [-0.4, -0.2) is 23.0 Å². The van der Waals surface area contributed by atoms with E-state index in [1.165, 1.54) is 30.8 Å². The molecule has 0 spiro atoms. The van der Waals surface area contributed by atoms with Crippen molar-refractivity contribution < 1.29 is 0 Å². The predicted molar refractivity (Wildman–Crippen MR) is 60.2 cm³/mol. The first-order valence-electron chi connectivity index (χ1n) is 5.48. The highest BCUT2D eigenvalue weighted by atomic mass is 15.2. The molecule has 0 amide bonds. The van der Waals surface area contributed by atoms with E-state index in [0.29, 0.717) is 0 Å². The van der Waals surface area contributed by atoms with Gasteiger partial charge in [0.15, 0.2) is 0 Å². The molecule has 14 heavy (non-hydrogen) atoms. The smallest absolute Gasteiger partial charge is 0.0546 e. The highest BCUT2D eigenvalue weighted by Crippen LogP contribution is 2.10. The van der Waals surface area contributed by atoms with Crippen LogP contribution >= 0.6 is 0 Å². The van der Waals surface area contributed by atoms with Crippen molar-refractivity contribution in [3.8, 4) is 0 Å². The summed E-state index contributed by atoms with van der Waals surface area (Å²) in [5, 5.41) is 0. The van der Waals surface area contributed by atoms with Gasteiger partial charge in [0, 0.05) is 12.7 Å². The number of nitrogens with zero attached hydrogens (tertiary/aromatic N) is 2. The van der Waals surface area contributed by atoms with Crippen LogP contribution in [0.3, 0.4) is 0 Å². The van der Waals surface area contributed by atoms with Gasteiger partial charge in [0.25, 0.3) is 0 Å². The van der Waals surface area contributed by atoms with Crippen molar-refractivity contribution in [3.05, 3.63) is 29.6 Å². The quantitative estimate of drug-likeness (QED) is 0.716. The summed E-state index contributed by atoms with van der Waals surface area (Å²) < 4.78 is 0. The summed E-state index contributed by atoms with van der Waals surface area (Å²) in [6.45, 7) is 9.63. The van der Waals surface area contributed by atoms with Gasteiger partial charge in [-0.1, -0.05) is 13.8 Å². The zero-order chi connectivity index (χ0) is 10.4. The summed E-state index contributed by atoms with van der Waals surface area (Å²) in [6, 6.07) is 4.21. The fourth-order valence-corrected chi connectivity index (χ4v) is 1.45. The van der Waals surface area contributed by atoms with Gasteiger partial charge in [-0.05, 0) is 44.1 Å². The van der Waals surface area contributed by atoms with E-state index in [1.54, 1.807) is 0 Å². The monoisotopic (exact) mass is 192 g/mol. The molecule has 2 nitrogen and oxygen atoms in total. The second kappa shape index (κ2) is 5.76. The molecule has 0 aromatic carbocycles. The van der Waals surface area contributed by atoms with E-state index < -0.39 is 0 Å². The number of aryl methyl sites for hydroxylation is 1. The molecule has 0 unspecified atom stereocenters. The third kappa shape index (κ3) is 3.11. The summed E-state index contributed by atoms with van der Waals surface area (Å²) >= 11 is 0. The Kier molecular flexibility index (Phi) is 4.60. The van der Waals surface area contributed by atoms with Crippen molar-refractivity contribution in [1.29, 1.82) is 0 Å². The fraction of sp³-hybridized carbons (Fsp3) is 0.583. The molecule has 2 heterocycles. The van der Waals surface area contributed by atoms with Gasteiger partial charge >= 0.3 is 0 Å². The van der Waals surface area contributed by atoms with E-state index in [1.807, 2.05) is 26.1 Å². The molecular formula is C12H20N2. The SMILES string of the molecule is CC.Cc1ccnc(CN2CCC2)c1. The minimum Gasteiger partial charge on any atom is -0.297 e. The Balaban J connectivity index is 0.000000461. The van der Waals surface area contributed by atoms with Crippen LogP contribution in [0.25, 0.3) is 0 Å². The van der Waals surface area contributed by atoms with Gasteiger partial charge in [-0.2, -0.15) is 0 Å². The fourth-order valence-electron chi connectivity index (χ4n) is 1.45. The third-order valence-corrected chi connectivity index (χ3v) is 2.31. The Labute approximate surface area is 87.0 Å². The third-order valence-electron chi connectivity index (χ3n) is 2.31. The van der Waals surface area contributed by atoms with Gasteiger partial charge in [-0.3, -0.25) is 9.88 Å². The van der Waals surface area contributed by atoms with E-state index >= 15 is 0 Å². The number of pyridine rings is 1. The first-order chi connectivity index (χ1) is 6.84. The second-order valence-electron chi connectivity index (χ2n) is 3.45. The van der Waals surface area contributed by atoms with Crippen molar-refractivity contribution >= 4 is 0 Å². The van der Waals surface area contributed by atoms with Crippen LogP contribution in [0.1, 0.15) is 31.5 Å². The molecule has 78 valence electrons. The molecule has 1 aliphatic rings. The Morgan fingerprint density at radius 2 is 2.07 bits per heavy atom. The summed E-state index contributed by atoms with van der Waals surface area (Å²) in [6.07, 6.45) is 3.25. The number of rotatable bonds is 2. The Morgan fingerprint density at radius 1 is 1.36 bits per heavy atom. The summed E-state index contributed by atoms with van der Waals surface area (Å²) in [7, 11) is 0. The largest absolute Gasteiger partial charge is 0.297 e. The van der Waals surface area contributed by atoms with Gasteiger partial charge in [0.05, 0.1) is 5.69 Å². The van der Waals surface area contributed by atoms with Crippen LogP contribution < -0.4 is 0 Å². The van der Waals surface area contributed by atoms with Gasteiger partial charge in [0.2, 0.25) is 0 Å². The minimum absolute atomic E-state index is 1.03. The van der Waals surface area contributed by atoms with E-state index in [-0.39, 0.29) is 0 Å². The molecule has 0 bridgehead atoms. The van der Waals surface area contributed by atoms with Crippen molar-refractivity contribution in [1.82, 2.24) is 9.88 Å². The molecule has 0 atom stereocenters. The Hall–Kier alpha value is -0.890. The van der Waals surface area contributed by atoms with Crippen molar-refractivity contribution in [3.63, 3.8) is 0 Å². The molecule has 0 radical (unpaired) electrons. The molecule has 1 aromatic heterocycles. The van der Waals surface area contributed by atoms with Gasteiger partial charge < -0.3 is 0 Å². The molecule has 1 fully saturated rings. The average molecular weight is 192 g/mol. The molecule has 0 aliphatic carbocycles. The number of hydrogen-bond acceptors (Lipinski definition) is 2. The summed E-state index contributed by atoms with van der Waals surface area (Å²) in [4.78, 5) is 6.74. The minimum atomic E-state index is 1.03. The topological polar surface area (TPSA) is 16.1 Å². The molecule has 1 aromatic rings. The van der Waals surface area contributed by atoms with Crippen molar-refractivity contribution in [2.24, 2.45) is 0 Å². The maximum Gasteiger partial charge on any atom is 0.0546 e. The van der Waals surface area contributed by atoms with Crippen LogP contribution in [0.4, 0.5) is 0 Å². The zero-order valence-corrected chi connectivity index (χ0v) is 9.45. The lowest BCUT2D eigenvalue weighted by atomic mass is 10.2. The van der Waals surface area contributed by atoms with E-state index in [4.69, 9.17) is 0 Å². The number of likely N-dealkylation sites (tertiary alicyclic amines) is 1. The van der Waals surface area contributed by atoms with Crippen LogP contribution in [0.15, 0.2) is 18.3 Å². The van der Waals surface area contributed by atoms with Crippen LogP contribution in [0.5, 0.6) is 0 Å². The Morgan fingerprint density at radius 3 is 2.57 bits per heavy atom. The average Bonchev–Trinajstić information content (AvgIpc) is 2.15. The summed E-state index contributed by atoms with van der Waals surface area (Å²) in [5.74, 6) is 0. The van der Waals surface area contributed by atoms with Gasteiger partial charge in [-0.25, -0.2) is 0 Å². The van der Waals surface area contributed by atoms with Gasteiger partial charge in [-0.15, -0.1) is 0 Å². The lowest BCUT2D eigenvalue weighted by Gasteiger charge is -2.30. The van der Waals surface area contributed by atoms with Gasteiger partial charge in [0.1, 0.15) is 0 Å². The molecule has 1 saturated heterocycles. The highest BCUT2D eigenvalue weighted by molar-refractivity contribution is 5.14. The Bertz CT molecular complexity index is 267. The normalized spacial score (nSPS) is 15.4. The van der Waals surface area contributed by atoms with E-state index in [0.717, 1.165) is 6.54 Å². The first-order valence-corrected chi connectivity index (χ1v) is 5.48. The molecule has 2 heteroatoms. The van der Waals surface area contributed by atoms with Crippen LogP contribution in [0, 0.1) is 6.92 Å². The first kappa shape index (κ1) is 11.2. The summed E-state index contributed by atoms with van der Waals surface area (Å²) in [5.41, 5.74) is 2.51. The molecule has 0 saturated carbocycles.